The summed E-state index contributed by atoms with van der Waals surface area (Å²) in [4.78, 5) is 34.6. The van der Waals surface area contributed by atoms with Crippen LogP contribution in [0.5, 0.6) is 0 Å². The number of carbonyl (C=O) groups excluding carboxylic acids is 3. The van der Waals surface area contributed by atoms with Crippen LogP contribution in [0, 0.1) is 0 Å². The molecule has 2 unspecified atom stereocenters. The summed E-state index contributed by atoms with van der Waals surface area (Å²) in [6.07, 6.45) is 4.65. The van der Waals surface area contributed by atoms with Crippen molar-refractivity contribution in [2.75, 3.05) is 45.3 Å². The van der Waals surface area contributed by atoms with Crippen molar-refractivity contribution in [2.24, 2.45) is 0 Å². The number of hydrogen-bond donors (Lipinski definition) is 4. The Morgan fingerprint density at radius 1 is 1.00 bits per heavy atom. The highest BCUT2D eigenvalue weighted by atomic mass is 32.2. The second kappa shape index (κ2) is 14.5. The summed E-state index contributed by atoms with van der Waals surface area (Å²) >= 11 is 1.90. The molecular formula is C20H36N4O5S. The van der Waals surface area contributed by atoms with Gasteiger partial charge in [0.25, 0.3) is 0 Å². The topological polar surface area (TPSA) is 118 Å². The zero-order valence-electron chi connectivity index (χ0n) is 17.9. The van der Waals surface area contributed by atoms with E-state index >= 15 is 0 Å². The third kappa shape index (κ3) is 9.53. The van der Waals surface area contributed by atoms with E-state index < -0.39 is 0 Å². The van der Waals surface area contributed by atoms with Crippen LogP contribution in [0.1, 0.15) is 45.4 Å². The zero-order chi connectivity index (χ0) is 21.6. The van der Waals surface area contributed by atoms with Crippen LogP contribution in [0.3, 0.4) is 0 Å². The van der Waals surface area contributed by atoms with Crippen molar-refractivity contribution in [1.82, 2.24) is 21.3 Å². The Hall–Kier alpha value is -1.52. The van der Waals surface area contributed by atoms with Gasteiger partial charge < -0.3 is 30.7 Å². The number of nitrogens with one attached hydrogen (secondary N) is 4. The van der Waals surface area contributed by atoms with Crippen LogP contribution in [0.4, 0.5) is 4.79 Å². The van der Waals surface area contributed by atoms with Crippen molar-refractivity contribution in [3.8, 4) is 0 Å². The Bertz CT molecular complexity index is 551. The molecule has 10 heteroatoms. The van der Waals surface area contributed by atoms with Gasteiger partial charge >= 0.3 is 6.03 Å². The molecular weight excluding hydrogens is 408 g/mol. The van der Waals surface area contributed by atoms with E-state index in [4.69, 9.17) is 9.47 Å². The number of carbonyl (C=O) groups is 3. The van der Waals surface area contributed by atoms with Crippen LogP contribution in [-0.2, 0) is 19.1 Å². The minimum atomic E-state index is -0.0572. The number of unbranched alkanes of at least 4 members (excludes halogenated alkanes) is 1. The molecule has 0 saturated carbocycles. The number of rotatable bonds is 16. The van der Waals surface area contributed by atoms with Crippen LogP contribution < -0.4 is 21.3 Å². The van der Waals surface area contributed by atoms with Gasteiger partial charge in [-0.3, -0.25) is 9.59 Å². The smallest absolute Gasteiger partial charge is 0.315 e. The molecule has 0 aromatic carbocycles. The van der Waals surface area contributed by atoms with Crippen LogP contribution in [0.2, 0.25) is 0 Å². The monoisotopic (exact) mass is 444 g/mol. The second-order valence-electron chi connectivity index (χ2n) is 7.54. The lowest BCUT2D eigenvalue weighted by molar-refractivity contribution is -0.122. The maximum Gasteiger partial charge on any atom is 0.315 e. The molecule has 2 heterocycles. The maximum atomic E-state index is 11.9. The van der Waals surface area contributed by atoms with E-state index in [9.17, 15) is 14.4 Å². The SMILES string of the molecule is CCCNC(=O)CCOCCOCCNC(=O)CCCC[C@@H]1SCC2NC(=O)NC21. The van der Waals surface area contributed by atoms with E-state index in [2.05, 4.69) is 21.3 Å². The summed E-state index contributed by atoms with van der Waals surface area (Å²) in [6.45, 7) is 4.91. The van der Waals surface area contributed by atoms with Crippen LogP contribution in [-0.4, -0.2) is 80.4 Å². The number of ether oxygens (including phenoxy) is 2. The fourth-order valence-electron chi connectivity index (χ4n) is 3.46. The third-order valence-corrected chi connectivity index (χ3v) is 6.58. The van der Waals surface area contributed by atoms with Gasteiger partial charge in [-0.1, -0.05) is 13.3 Å². The fraction of sp³-hybridized carbons (Fsp3) is 0.850. The van der Waals surface area contributed by atoms with Gasteiger partial charge in [0, 0.05) is 36.9 Å². The summed E-state index contributed by atoms with van der Waals surface area (Å²) in [6, 6.07) is 0.431. The number of thioether (sulfide) groups is 1. The molecule has 2 aliphatic heterocycles. The normalized spacial score (nSPS) is 22.3. The highest BCUT2D eigenvalue weighted by molar-refractivity contribution is 8.00. The molecule has 9 nitrogen and oxygen atoms in total. The molecule has 2 saturated heterocycles. The van der Waals surface area contributed by atoms with E-state index in [1.165, 1.54) is 0 Å². The van der Waals surface area contributed by atoms with E-state index in [-0.39, 0.29) is 29.9 Å². The van der Waals surface area contributed by atoms with E-state index in [1.807, 2.05) is 18.7 Å². The van der Waals surface area contributed by atoms with Crippen LogP contribution in [0.25, 0.3) is 0 Å². The van der Waals surface area contributed by atoms with Crippen molar-refractivity contribution in [2.45, 2.75) is 62.8 Å². The first-order chi connectivity index (χ1) is 14.6. The van der Waals surface area contributed by atoms with Gasteiger partial charge in [-0.25, -0.2) is 4.79 Å². The molecule has 0 aromatic heterocycles. The molecule has 0 bridgehead atoms. The Morgan fingerprint density at radius 2 is 1.73 bits per heavy atom. The molecule has 2 aliphatic rings. The largest absolute Gasteiger partial charge is 0.379 e. The van der Waals surface area contributed by atoms with Gasteiger partial charge in [-0.05, 0) is 19.3 Å². The summed E-state index contributed by atoms with van der Waals surface area (Å²) in [7, 11) is 0. The molecule has 0 aliphatic carbocycles. The van der Waals surface area contributed by atoms with Crippen LogP contribution in [0.15, 0.2) is 0 Å². The molecule has 30 heavy (non-hydrogen) atoms. The average Bonchev–Trinajstić information content (AvgIpc) is 3.27. The average molecular weight is 445 g/mol. The summed E-state index contributed by atoms with van der Waals surface area (Å²) in [5.74, 6) is 1.02. The first-order valence-corrected chi connectivity index (χ1v) is 12.0. The standard InChI is InChI=1S/C20H36N4O5S/c1-2-8-21-18(26)7-10-28-12-13-29-11-9-22-17(25)6-4-3-5-16-19-15(14-30-16)23-20(27)24-19/h15-16,19H,2-14H2,1H3,(H,21,26)(H,22,25)(H2,23,24,27)/t15?,16-,19?/m0/s1. The lowest BCUT2D eigenvalue weighted by Crippen LogP contribution is -2.36. The zero-order valence-corrected chi connectivity index (χ0v) is 18.7. The van der Waals surface area contributed by atoms with Crippen molar-refractivity contribution >= 4 is 29.6 Å². The second-order valence-corrected chi connectivity index (χ2v) is 8.81. The summed E-state index contributed by atoms with van der Waals surface area (Å²) in [5, 5.41) is 12.0. The lowest BCUT2D eigenvalue weighted by Gasteiger charge is -2.16. The first-order valence-electron chi connectivity index (χ1n) is 11.0. The number of amides is 4. The van der Waals surface area contributed by atoms with E-state index in [0.717, 1.165) is 31.4 Å². The van der Waals surface area contributed by atoms with Crippen molar-refractivity contribution < 1.29 is 23.9 Å². The molecule has 0 spiro atoms. The number of hydrogen-bond acceptors (Lipinski definition) is 6. The molecule has 2 rings (SSSR count). The molecule has 172 valence electrons. The van der Waals surface area contributed by atoms with Gasteiger partial charge in [0.05, 0.1) is 38.5 Å². The summed E-state index contributed by atoms with van der Waals surface area (Å²) in [5.41, 5.74) is 0. The van der Waals surface area contributed by atoms with Gasteiger partial charge in [0.1, 0.15) is 0 Å². The van der Waals surface area contributed by atoms with Crippen LogP contribution >= 0.6 is 11.8 Å². The number of fused-ring (bicyclic) bond motifs is 1. The molecule has 0 radical (unpaired) electrons. The lowest BCUT2D eigenvalue weighted by atomic mass is 10.0. The highest BCUT2D eigenvalue weighted by Crippen LogP contribution is 2.33. The highest BCUT2D eigenvalue weighted by Gasteiger charge is 2.42. The van der Waals surface area contributed by atoms with E-state index in [0.29, 0.717) is 57.6 Å². The molecule has 3 atom stereocenters. The minimum Gasteiger partial charge on any atom is -0.379 e. The Balaban J connectivity index is 1.34. The van der Waals surface area contributed by atoms with E-state index in [1.54, 1.807) is 0 Å². The first kappa shape index (κ1) is 24.7. The predicted molar refractivity (Wildman–Crippen MR) is 117 cm³/mol. The number of urea groups is 1. The van der Waals surface area contributed by atoms with Crippen molar-refractivity contribution in [3.05, 3.63) is 0 Å². The Labute approximate surface area is 183 Å². The van der Waals surface area contributed by atoms with Gasteiger partial charge in [0.15, 0.2) is 0 Å². The Kier molecular flexibility index (Phi) is 11.9. The molecule has 4 amide bonds. The fourth-order valence-corrected chi connectivity index (χ4v) is 5.01. The molecule has 4 N–H and O–H groups in total. The Morgan fingerprint density at radius 3 is 2.53 bits per heavy atom. The van der Waals surface area contributed by atoms with Crippen molar-refractivity contribution in [1.29, 1.82) is 0 Å². The quantitative estimate of drug-likeness (QED) is 0.206. The third-order valence-electron chi connectivity index (χ3n) is 5.07. The molecule has 0 aromatic rings. The van der Waals surface area contributed by atoms with Gasteiger partial charge in [0.2, 0.25) is 11.8 Å². The minimum absolute atomic E-state index is 0.00832. The maximum absolute atomic E-state index is 11.9. The summed E-state index contributed by atoms with van der Waals surface area (Å²) < 4.78 is 10.8. The van der Waals surface area contributed by atoms with Crippen molar-refractivity contribution in [3.63, 3.8) is 0 Å². The van der Waals surface area contributed by atoms with Gasteiger partial charge in [-0.15, -0.1) is 0 Å². The van der Waals surface area contributed by atoms with Gasteiger partial charge in [-0.2, -0.15) is 11.8 Å². The predicted octanol–water partition coefficient (Wildman–Crippen LogP) is 0.778. The molecule has 2 fully saturated rings.